The largest absolute Gasteiger partial charge is 0.355 e. The number of carbonyl (C=O) groups excluding carboxylic acids is 1. The van der Waals surface area contributed by atoms with Crippen LogP contribution in [0.15, 0.2) is 59.8 Å². The number of halogens is 1. The Morgan fingerprint density at radius 3 is 2.54 bits per heavy atom. The van der Waals surface area contributed by atoms with Crippen molar-refractivity contribution in [2.75, 3.05) is 12.3 Å². The van der Waals surface area contributed by atoms with Gasteiger partial charge in [-0.1, -0.05) is 79.7 Å². The maximum Gasteiger partial charge on any atom is 0.230 e. The molecule has 0 aliphatic carbocycles. The normalized spacial score (nSPS) is 11.0. The van der Waals surface area contributed by atoms with Crippen LogP contribution in [-0.2, 0) is 11.3 Å². The predicted octanol–water partition coefficient (Wildman–Crippen LogP) is 4.51. The van der Waals surface area contributed by atoms with Gasteiger partial charge in [-0.25, -0.2) is 0 Å². The van der Waals surface area contributed by atoms with Crippen molar-refractivity contribution in [2.45, 2.75) is 25.5 Å². The maximum absolute atomic E-state index is 12.1. The molecular formula is C21H23ClN4OS. The van der Waals surface area contributed by atoms with E-state index in [0.29, 0.717) is 40.8 Å². The van der Waals surface area contributed by atoms with Gasteiger partial charge in [0, 0.05) is 12.1 Å². The van der Waals surface area contributed by atoms with Crippen molar-refractivity contribution < 1.29 is 4.79 Å². The first-order valence-electron chi connectivity index (χ1n) is 9.16. The van der Waals surface area contributed by atoms with Crippen LogP contribution in [0.3, 0.4) is 0 Å². The van der Waals surface area contributed by atoms with Gasteiger partial charge in [-0.2, -0.15) is 0 Å². The monoisotopic (exact) mass is 414 g/mol. The molecule has 1 heterocycles. The van der Waals surface area contributed by atoms with E-state index in [0.717, 1.165) is 11.1 Å². The van der Waals surface area contributed by atoms with Crippen LogP contribution in [0.2, 0.25) is 5.02 Å². The third kappa shape index (κ3) is 5.36. The number of hydrogen-bond donors (Lipinski definition) is 1. The molecular weight excluding hydrogens is 392 g/mol. The molecule has 3 rings (SSSR count). The number of carbonyl (C=O) groups is 1. The lowest BCUT2D eigenvalue weighted by atomic mass is 10.2. The van der Waals surface area contributed by atoms with Gasteiger partial charge in [0.25, 0.3) is 0 Å². The van der Waals surface area contributed by atoms with E-state index in [2.05, 4.69) is 41.5 Å². The number of aromatic nitrogens is 3. The van der Waals surface area contributed by atoms with Crippen LogP contribution in [0.4, 0.5) is 0 Å². The van der Waals surface area contributed by atoms with E-state index in [-0.39, 0.29) is 5.91 Å². The number of nitrogens with one attached hydrogen (secondary N) is 1. The highest BCUT2D eigenvalue weighted by Crippen LogP contribution is 2.29. The first kappa shape index (κ1) is 20.4. The van der Waals surface area contributed by atoms with Crippen LogP contribution in [-0.4, -0.2) is 33.0 Å². The zero-order valence-electron chi connectivity index (χ0n) is 15.9. The van der Waals surface area contributed by atoms with Gasteiger partial charge in [-0.05, 0) is 23.6 Å². The molecule has 3 aromatic rings. The lowest BCUT2D eigenvalue weighted by Gasteiger charge is -2.12. The molecule has 7 heteroatoms. The number of benzene rings is 2. The summed E-state index contributed by atoms with van der Waals surface area (Å²) in [4.78, 5) is 12.1. The van der Waals surface area contributed by atoms with Gasteiger partial charge in [0.05, 0.1) is 17.3 Å². The molecule has 0 bridgehead atoms. The molecule has 1 N–H and O–H groups in total. The van der Waals surface area contributed by atoms with Gasteiger partial charge < -0.3 is 5.32 Å². The third-order valence-corrected chi connectivity index (χ3v) is 5.35. The molecule has 0 aliphatic rings. The van der Waals surface area contributed by atoms with Gasteiger partial charge in [-0.3, -0.25) is 9.36 Å². The van der Waals surface area contributed by atoms with E-state index >= 15 is 0 Å². The topological polar surface area (TPSA) is 59.8 Å². The Balaban J connectivity index is 1.85. The minimum Gasteiger partial charge on any atom is -0.355 e. The molecule has 28 heavy (non-hydrogen) atoms. The zero-order chi connectivity index (χ0) is 19.9. The molecule has 2 aromatic carbocycles. The molecule has 0 fully saturated rings. The summed E-state index contributed by atoms with van der Waals surface area (Å²) < 4.78 is 2.01. The second-order valence-electron chi connectivity index (χ2n) is 6.84. The van der Waals surface area contributed by atoms with Crippen molar-refractivity contribution in [3.05, 3.63) is 65.2 Å². The molecule has 0 unspecified atom stereocenters. The Labute approximate surface area is 174 Å². The van der Waals surface area contributed by atoms with Gasteiger partial charge >= 0.3 is 0 Å². The Morgan fingerprint density at radius 1 is 1.11 bits per heavy atom. The van der Waals surface area contributed by atoms with E-state index in [1.165, 1.54) is 11.8 Å². The third-order valence-electron chi connectivity index (χ3n) is 4.05. The van der Waals surface area contributed by atoms with Crippen molar-refractivity contribution in [3.63, 3.8) is 0 Å². The predicted molar refractivity (Wildman–Crippen MR) is 115 cm³/mol. The quantitative estimate of drug-likeness (QED) is 0.551. The average molecular weight is 415 g/mol. The fraction of sp³-hybridized carbons (Fsp3) is 0.286. The van der Waals surface area contributed by atoms with Crippen LogP contribution < -0.4 is 5.32 Å². The van der Waals surface area contributed by atoms with Crippen LogP contribution >= 0.6 is 23.4 Å². The Kier molecular flexibility index (Phi) is 7.12. The first-order valence-corrected chi connectivity index (χ1v) is 10.5. The summed E-state index contributed by atoms with van der Waals surface area (Å²) in [5.74, 6) is 1.40. The number of amides is 1. The van der Waals surface area contributed by atoms with Gasteiger partial charge in [-0.15, -0.1) is 10.2 Å². The highest BCUT2D eigenvalue weighted by molar-refractivity contribution is 7.99. The molecule has 0 saturated carbocycles. The summed E-state index contributed by atoms with van der Waals surface area (Å²) in [6.45, 7) is 5.41. The van der Waals surface area contributed by atoms with E-state index in [9.17, 15) is 4.79 Å². The molecule has 0 saturated heterocycles. The van der Waals surface area contributed by atoms with E-state index in [1.54, 1.807) is 0 Å². The Bertz CT molecular complexity index is 927. The van der Waals surface area contributed by atoms with Crippen molar-refractivity contribution in [3.8, 4) is 11.4 Å². The van der Waals surface area contributed by atoms with Crippen molar-refractivity contribution in [2.24, 2.45) is 5.92 Å². The molecule has 0 spiro atoms. The van der Waals surface area contributed by atoms with Crippen LogP contribution in [0.25, 0.3) is 11.4 Å². The molecule has 5 nitrogen and oxygen atoms in total. The fourth-order valence-electron chi connectivity index (χ4n) is 2.64. The average Bonchev–Trinajstić information content (AvgIpc) is 3.08. The molecule has 0 atom stereocenters. The number of thioether (sulfide) groups is 1. The summed E-state index contributed by atoms with van der Waals surface area (Å²) in [6, 6.07) is 17.7. The van der Waals surface area contributed by atoms with E-state index in [1.807, 2.05) is 47.0 Å². The summed E-state index contributed by atoms with van der Waals surface area (Å²) in [5, 5.41) is 13.0. The fourth-order valence-corrected chi connectivity index (χ4v) is 3.63. The number of nitrogens with zero attached hydrogens (tertiary/aromatic N) is 3. The zero-order valence-corrected chi connectivity index (χ0v) is 17.5. The number of rotatable bonds is 8. The second-order valence-corrected chi connectivity index (χ2v) is 8.19. The highest BCUT2D eigenvalue weighted by Gasteiger charge is 2.17. The maximum atomic E-state index is 12.1. The number of hydrogen-bond acceptors (Lipinski definition) is 4. The molecule has 0 radical (unpaired) electrons. The van der Waals surface area contributed by atoms with Gasteiger partial charge in [0.2, 0.25) is 5.91 Å². The highest BCUT2D eigenvalue weighted by atomic mass is 35.5. The van der Waals surface area contributed by atoms with Crippen molar-refractivity contribution in [1.82, 2.24) is 20.1 Å². The van der Waals surface area contributed by atoms with Crippen LogP contribution in [0, 0.1) is 5.92 Å². The smallest absolute Gasteiger partial charge is 0.230 e. The van der Waals surface area contributed by atoms with Crippen molar-refractivity contribution in [1.29, 1.82) is 0 Å². The first-order chi connectivity index (χ1) is 13.5. The Hall–Kier alpha value is -2.31. The Morgan fingerprint density at radius 2 is 1.82 bits per heavy atom. The van der Waals surface area contributed by atoms with Crippen molar-refractivity contribution >= 4 is 29.3 Å². The lowest BCUT2D eigenvalue weighted by Crippen LogP contribution is -2.28. The molecule has 0 aliphatic heterocycles. The summed E-state index contributed by atoms with van der Waals surface area (Å²) in [7, 11) is 0. The van der Waals surface area contributed by atoms with Gasteiger partial charge in [0.1, 0.15) is 0 Å². The molecule has 1 amide bonds. The van der Waals surface area contributed by atoms with E-state index < -0.39 is 0 Å². The van der Waals surface area contributed by atoms with Crippen LogP contribution in [0.5, 0.6) is 0 Å². The SMILES string of the molecule is CC(C)CNC(=O)CSc1nnc(-c2ccccc2Cl)n1Cc1ccccc1. The summed E-state index contributed by atoms with van der Waals surface area (Å²) >= 11 is 7.77. The second kappa shape index (κ2) is 9.75. The van der Waals surface area contributed by atoms with Gasteiger partial charge in [0.15, 0.2) is 11.0 Å². The minimum atomic E-state index is -0.00717. The lowest BCUT2D eigenvalue weighted by molar-refractivity contribution is -0.118. The molecule has 146 valence electrons. The molecule has 1 aromatic heterocycles. The summed E-state index contributed by atoms with van der Waals surface area (Å²) in [6.07, 6.45) is 0. The minimum absolute atomic E-state index is 0.00717. The van der Waals surface area contributed by atoms with E-state index in [4.69, 9.17) is 11.6 Å². The standard InChI is InChI=1S/C21H23ClN4OS/c1-15(2)12-23-19(27)14-28-21-25-24-20(17-10-6-7-11-18(17)22)26(21)13-16-8-4-3-5-9-16/h3-11,15H,12-14H2,1-2H3,(H,23,27). The van der Waals surface area contributed by atoms with Crippen LogP contribution in [0.1, 0.15) is 19.4 Å². The summed E-state index contributed by atoms with van der Waals surface area (Å²) in [5.41, 5.74) is 1.95.